The maximum Gasteiger partial charge on any atom is 0.274 e. The van der Waals surface area contributed by atoms with Crippen molar-refractivity contribution in [3.05, 3.63) is 22.1 Å². The van der Waals surface area contributed by atoms with E-state index in [1.165, 1.54) is 28.3 Å². The van der Waals surface area contributed by atoms with Gasteiger partial charge in [-0.2, -0.15) is 9.50 Å². The molecule has 0 bridgehead atoms. The van der Waals surface area contributed by atoms with E-state index in [-0.39, 0.29) is 11.6 Å². The molecule has 0 spiro atoms. The minimum absolute atomic E-state index is 0.202. The average molecular weight is 351 g/mol. The molecule has 3 heterocycles. The molecule has 1 saturated heterocycles. The monoisotopic (exact) mass is 351 g/mol. The van der Waals surface area contributed by atoms with Gasteiger partial charge in [-0.1, -0.05) is 18.3 Å². The van der Waals surface area contributed by atoms with E-state index in [1.54, 1.807) is 7.11 Å². The van der Waals surface area contributed by atoms with Crippen LogP contribution >= 0.6 is 11.3 Å². The predicted octanol–water partition coefficient (Wildman–Crippen LogP) is 0.763. The molecule has 1 amide bonds. The van der Waals surface area contributed by atoms with Gasteiger partial charge >= 0.3 is 0 Å². The minimum Gasteiger partial charge on any atom is -0.383 e. The highest BCUT2D eigenvalue weighted by molar-refractivity contribution is 7.20. The van der Waals surface area contributed by atoms with Crippen molar-refractivity contribution in [1.29, 1.82) is 0 Å². The topological polar surface area (TPSA) is 88.8 Å². The normalized spacial score (nSPS) is 18.1. The number of anilines is 1. The molecule has 1 N–H and O–H groups in total. The summed E-state index contributed by atoms with van der Waals surface area (Å²) in [4.78, 5) is 30.8. The fraction of sp³-hybridized carbons (Fsp3) is 0.600. The van der Waals surface area contributed by atoms with E-state index in [0.29, 0.717) is 24.0 Å². The number of rotatable bonds is 5. The summed E-state index contributed by atoms with van der Waals surface area (Å²) in [5.74, 6) is 0.251. The SMILES string of the molecule is COCCNC(=O)c1cc(=O)nc2sc(N3CCC[C@H](C)C3)nn12. The first-order valence-corrected chi connectivity index (χ1v) is 8.83. The minimum atomic E-state index is -0.436. The second-order valence-corrected chi connectivity index (χ2v) is 6.94. The van der Waals surface area contributed by atoms with Crippen molar-refractivity contribution in [1.82, 2.24) is 19.9 Å². The summed E-state index contributed by atoms with van der Waals surface area (Å²) in [5.41, 5.74) is -0.234. The Hall–Kier alpha value is -2.00. The zero-order valence-electron chi connectivity index (χ0n) is 13.8. The van der Waals surface area contributed by atoms with Crippen LogP contribution in [0, 0.1) is 5.92 Å². The molecule has 0 aromatic carbocycles. The van der Waals surface area contributed by atoms with Crippen LogP contribution in [0.2, 0.25) is 0 Å². The molecule has 1 atom stereocenters. The third-order valence-electron chi connectivity index (χ3n) is 4.00. The van der Waals surface area contributed by atoms with Gasteiger partial charge in [0.2, 0.25) is 10.1 Å². The molecule has 2 aromatic rings. The number of amides is 1. The van der Waals surface area contributed by atoms with Crippen LogP contribution in [-0.4, -0.2) is 53.9 Å². The average Bonchev–Trinajstić information content (AvgIpc) is 2.98. The number of hydrogen-bond acceptors (Lipinski definition) is 7. The first-order chi connectivity index (χ1) is 11.6. The van der Waals surface area contributed by atoms with Crippen LogP contribution in [0.5, 0.6) is 0 Å². The quantitative estimate of drug-likeness (QED) is 0.800. The van der Waals surface area contributed by atoms with Gasteiger partial charge in [-0.3, -0.25) is 9.59 Å². The largest absolute Gasteiger partial charge is 0.383 e. The maximum absolute atomic E-state index is 12.3. The molecule has 3 rings (SSSR count). The number of nitrogens with one attached hydrogen (secondary N) is 1. The second-order valence-electron chi connectivity index (χ2n) is 6.00. The molecule has 0 unspecified atom stereocenters. The molecule has 130 valence electrons. The molecular formula is C15H21N5O3S. The number of aromatic nitrogens is 3. The predicted molar refractivity (Wildman–Crippen MR) is 92.0 cm³/mol. The Balaban J connectivity index is 1.92. The third kappa shape index (κ3) is 3.57. The fourth-order valence-corrected chi connectivity index (χ4v) is 3.76. The second kappa shape index (κ2) is 7.27. The first kappa shape index (κ1) is 16.8. The summed E-state index contributed by atoms with van der Waals surface area (Å²) in [6.45, 7) is 4.86. The molecule has 8 nitrogen and oxygen atoms in total. The lowest BCUT2D eigenvalue weighted by Gasteiger charge is -2.30. The summed E-state index contributed by atoms with van der Waals surface area (Å²) in [5, 5.41) is 8.04. The molecule has 0 saturated carbocycles. The number of piperidine rings is 1. The van der Waals surface area contributed by atoms with Gasteiger partial charge < -0.3 is 15.0 Å². The molecule has 0 aliphatic carbocycles. The van der Waals surface area contributed by atoms with E-state index in [9.17, 15) is 9.59 Å². The summed E-state index contributed by atoms with van der Waals surface area (Å²) < 4.78 is 6.38. The number of hydrogen-bond donors (Lipinski definition) is 1. The van der Waals surface area contributed by atoms with E-state index in [1.807, 2.05) is 0 Å². The molecule has 24 heavy (non-hydrogen) atoms. The first-order valence-electron chi connectivity index (χ1n) is 8.01. The van der Waals surface area contributed by atoms with Crippen molar-refractivity contribution >= 4 is 27.3 Å². The van der Waals surface area contributed by atoms with Crippen LogP contribution in [0.1, 0.15) is 30.3 Å². The van der Waals surface area contributed by atoms with E-state index in [4.69, 9.17) is 4.74 Å². The lowest BCUT2D eigenvalue weighted by atomic mass is 10.0. The number of fused-ring (bicyclic) bond motifs is 1. The van der Waals surface area contributed by atoms with Crippen molar-refractivity contribution < 1.29 is 9.53 Å². The van der Waals surface area contributed by atoms with Gasteiger partial charge in [-0.25, -0.2) is 0 Å². The van der Waals surface area contributed by atoms with Gasteiger partial charge in [0.25, 0.3) is 11.5 Å². The van der Waals surface area contributed by atoms with E-state index in [0.717, 1.165) is 24.6 Å². The highest BCUT2D eigenvalue weighted by atomic mass is 32.1. The Morgan fingerprint density at radius 1 is 1.54 bits per heavy atom. The lowest BCUT2D eigenvalue weighted by molar-refractivity contribution is 0.0929. The summed E-state index contributed by atoms with van der Waals surface area (Å²) in [7, 11) is 1.56. The molecule has 1 fully saturated rings. The zero-order chi connectivity index (χ0) is 17.1. The van der Waals surface area contributed by atoms with Crippen molar-refractivity contribution in [2.24, 2.45) is 5.92 Å². The number of carbonyl (C=O) groups excluding carboxylic acids is 1. The van der Waals surface area contributed by atoms with Gasteiger partial charge in [-0.05, 0) is 18.8 Å². The van der Waals surface area contributed by atoms with Crippen LogP contribution < -0.4 is 15.8 Å². The van der Waals surface area contributed by atoms with E-state index < -0.39 is 5.56 Å². The summed E-state index contributed by atoms with van der Waals surface area (Å²) in [6.07, 6.45) is 2.33. The van der Waals surface area contributed by atoms with Crippen LogP contribution in [0.15, 0.2) is 10.9 Å². The Kier molecular flexibility index (Phi) is 5.10. The highest BCUT2D eigenvalue weighted by Gasteiger charge is 2.22. The fourth-order valence-electron chi connectivity index (χ4n) is 2.82. The van der Waals surface area contributed by atoms with Crippen molar-refractivity contribution in [3.8, 4) is 0 Å². The van der Waals surface area contributed by atoms with Crippen LogP contribution in [-0.2, 0) is 4.74 Å². The van der Waals surface area contributed by atoms with Crippen LogP contribution in [0.25, 0.3) is 4.96 Å². The third-order valence-corrected chi connectivity index (χ3v) is 4.96. The Labute approximate surface area is 143 Å². The smallest absolute Gasteiger partial charge is 0.274 e. The Morgan fingerprint density at radius 2 is 2.38 bits per heavy atom. The molecular weight excluding hydrogens is 330 g/mol. The van der Waals surface area contributed by atoms with E-state index in [2.05, 4.69) is 27.2 Å². The summed E-state index contributed by atoms with van der Waals surface area (Å²) in [6, 6.07) is 1.22. The highest BCUT2D eigenvalue weighted by Crippen LogP contribution is 2.27. The standard InChI is InChI=1S/C15H21N5O3S/c1-10-4-3-6-19(9-10)15-18-20-11(13(22)16-5-7-23-2)8-12(21)17-14(20)24-15/h8,10H,3-7,9H2,1-2H3,(H,16,22)/t10-/m0/s1. The van der Waals surface area contributed by atoms with Crippen molar-refractivity contribution in [2.45, 2.75) is 19.8 Å². The van der Waals surface area contributed by atoms with E-state index >= 15 is 0 Å². The van der Waals surface area contributed by atoms with Crippen molar-refractivity contribution in [3.63, 3.8) is 0 Å². The number of ether oxygens (including phenoxy) is 1. The van der Waals surface area contributed by atoms with Crippen LogP contribution in [0.3, 0.4) is 0 Å². The Morgan fingerprint density at radius 3 is 3.12 bits per heavy atom. The molecule has 1 aliphatic rings. The number of methoxy groups -OCH3 is 1. The van der Waals surface area contributed by atoms with Gasteiger partial charge in [0.15, 0.2) is 0 Å². The van der Waals surface area contributed by atoms with Gasteiger partial charge in [0.05, 0.1) is 6.61 Å². The van der Waals surface area contributed by atoms with Gasteiger partial charge in [0, 0.05) is 32.8 Å². The van der Waals surface area contributed by atoms with Gasteiger partial charge in [-0.15, -0.1) is 5.10 Å². The molecule has 1 aliphatic heterocycles. The van der Waals surface area contributed by atoms with Gasteiger partial charge in [0.1, 0.15) is 5.69 Å². The molecule has 2 aromatic heterocycles. The van der Waals surface area contributed by atoms with Crippen LogP contribution in [0.4, 0.5) is 5.13 Å². The van der Waals surface area contributed by atoms with Crippen molar-refractivity contribution in [2.75, 3.05) is 38.3 Å². The lowest BCUT2D eigenvalue weighted by Crippen LogP contribution is -2.34. The number of carbonyl (C=O) groups is 1. The zero-order valence-corrected chi connectivity index (χ0v) is 14.6. The molecule has 9 heteroatoms. The number of nitrogens with zero attached hydrogens (tertiary/aromatic N) is 4. The summed E-state index contributed by atoms with van der Waals surface area (Å²) >= 11 is 1.34. The maximum atomic E-state index is 12.3. The molecule has 0 radical (unpaired) electrons. The Bertz CT molecular complexity index is 787.